The smallest absolute Gasteiger partial charge is 0.330 e. The molecule has 1 aromatic rings. The summed E-state index contributed by atoms with van der Waals surface area (Å²) in [6, 6.07) is 4.90. The third-order valence-corrected chi connectivity index (χ3v) is 7.25. The number of nitrogens with zero attached hydrogens (tertiary/aromatic N) is 1. The fourth-order valence-corrected chi connectivity index (χ4v) is 5.37. The highest BCUT2D eigenvalue weighted by molar-refractivity contribution is 7.92. The normalized spacial score (nSPS) is 23.7. The van der Waals surface area contributed by atoms with E-state index in [2.05, 4.69) is 0 Å². The molecule has 29 heavy (non-hydrogen) atoms. The lowest BCUT2D eigenvalue weighted by Crippen LogP contribution is -2.56. The monoisotopic (exact) mass is 438 g/mol. The van der Waals surface area contributed by atoms with Gasteiger partial charge in [-0.05, 0) is 64.2 Å². The Kier molecular flexibility index (Phi) is 6.40. The number of amides is 1. The first-order valence-corrected chi connectivity index (χ1v) is 10.7. The summed E-state index contributed by atoms with van der Waals surface area (Å²) in [4.78, 5) is 12.3. The van der Waals surface area contributed by atoms with Gasteiger partial charge in [0.2, 0.25) is 14.8 Å². The number of nitrogens with two attached hydrogens (primary N) is 1. The molecule has 0 unspecified atom stereocenters. The molecule has 2 rings (SSSR count). The lowest BCUT2D eigenvalue weighted by molar-refractivity contribution is -0.189. The van der Waals surface area contributed by atoms with Crippen LogP contribution in [-0.2, 0) is 14.6 Å². The number of carbonyl (C=O) groups excluding carboxylic acids is 1. The van der Waals surface area contributed by atoms with Crippen LogP contribution >= 0.6 is 0 Å². The quantitative estimate of drug-likeness (QED) is 0.714. The molecule has 1 saturated carbocycles. The average molecular weight is 438 g/mol. The van der Waals surface area contributed by atoms with Gasteiger partial charge in [0.05, 0.1) is 4.90 Å². The van der Waals surface area contributed by atoms with Crippen LogP contribution in [0.5, 0.6) is 0 Å². The van der Waals surface area contributed by atoms with Crippen molar-refractivity contribution in [3.8, 4) is 0 Å². The lowest BCUT2D eigenvalue weighted by atomic mass is 9.91. The molecule has 0 spiro atoms. The highest BCUT2D eigenvalue weighted by Crippen LogP contribution is 2.42. The van der Waals surface area contributed by atoms with E-state index in [4.69, 9.17) is 5.73 Å². The standard InChI is InChI=1S/C19H26F4N2O3S/c1-13-5-4-6-15(11-13)29(27,28)18(20)9-7-14(8-10-18)25(12-17(2,3)24)16(26)19(21,22)23/h4-6,11,14H,7-10,12,24H2,1-3H3. The van der Waals surface area contributed by atoms with Gasteiger partial charge in [0, 0.05) is 18.1 Å². The summed E-state index contributed by atoms with van der Waals surface area (Å²) < 4.78 is 80.1. The zero-order valence-electron chi connectivity index (χ0n) is 16.6. The molecule has 5 nitrogen and oxygen atoms in total. The van der Waals surface area contributed by atoms with E-state index in [0.29, 0.717) is 10.5 Å². The zero-order chi connectivity index (χ0) is 22.3. The first kappa shape index (κ1) is 23.6. The van der Waals surface area contributed by atoms with Crippen molar-refractivity contribution in [1.29, 1.82) is 0 Å². The molecule has 0 heterocycles. The predicted molar refractivity (Wildman–Crippen MR) is 100 cm³/mol. The molecule has 1 aromatic carbocycles. The van der Waals surface area contributed by atoms with E-state index in [-0.39, 0.29) is 24.3 Å². The number of rotatable bonds is 5. The van der Waals surface area contributed by atoms with Gasteiger partial charge in [-0.3, -0.25) is 4.79 Å². The minimum absolute atomic E-state index is 0.162. The molecule has 1 fully saturated rings. The van der Waals surface area contributed by atoms with Gasteiger partial charge in [-0.25, -0.2) is 12.8 Å². The topological polar surface area (TPSA) is 80.5 Å². The van der Waals surface area contributed by atoms with Crippen LogP contribution in [0.2, 0.25) is 0 Å². The number of benzene rings is 1. The summed E-state index contributed by atoms with van der Waals surface area (Å²) >= 11 is 0. The first-order chi connectivity index (χ1) is 13.1. The van der Waals surface area contributed by atoms with Crippen LogP contribution in [0.15, 0.2) is 29.2 Å². The van der Waals surface area contributed by atoms with E-state index in [1.54, 1.807) is 13.0 Å². The highest BCUT2D eigenvalue weighted by atomic mass is 32.2. The Bertz CT molecular complexity index is 855. The Labute approximate surface area is 168 Å². The molecule has 2 N–H and O–H groups in total. The van der Waals surface area contributed by atoms with Crippen LogP contribution in [0.3, 0.4) is 0 Å². The zero-order valence-corrected chi connectivity index (χ0v) is 17.4. The van der Waals surface area contributed by atoms with Gasteiger partial charge < -0.3 is 10.6 Å². The van der Waals surface area contributed by atoms with Crippen LogP contribution in [0, 0.1) is 6.92 Å². The Morgan fingerprint density at radius 1 is 1.24 bits per heavy atom. The van der Waals surface area contributed by atoms with Crippen molar-refractivity contribution in [2.24, 2.45) is 5.73 Å². The van der Waals surface area contributed by atoms with Crippen LogP contribution in [0.4, 0.5) is 17.6 Å². The first-order valence-electron chi connectivity index (χ1n) is 9.24. The SMILES string of the molecule is Cc1cccc(S(=O)(=O)C2(F)CCC(N(CC(C)(C)N)C(=O)C(F)(F)F)CC2)c1. The van der Waals surface area contributed by atoms with Gasteiger partial charge >= 0.3 is 12.1 Å². The molecule has 1 amide bonds. The fourth-order valence-electron chi connectivity index (χ4n) is 3.58. The number of hydrogen-bond donors (Lipinski definition) is 1. The van der Waals surface area contributed by atoms with Crippen LogP contribution in [0.25, 0.3) is 0 Å². The maximum Gasteiger partial charge on any atom is 0.471 e. The molecular weight excluding hydrogens is 412 g/mol. The van der Waals surface area contributed by atoms with Gasteiger partial charge in [-0.2, -0.15) is 13.2 Å². The minimum atomic E-state index is -5.09. The number of halogens is 4. The summed E-state index contributed by atoms with van der Waals surface area (Å²) in [5, 5.41) is -2.59. The van der Waals surface area contributed by atoms with Gasteiger partial charge in [0.25, 0.3) is 0 Å². The Morgan fingerprint density at radius 3 is 2.24 bits per heavy atom. The third kappa shape index (κ3) is 5.28. The van der Waals surface area contributed by atoms with Crippen molar-refractivity contribution in [3.05, 3.63) is 29.8 Å². The number of alkyl halides is 4. The van der Waals surface area contributed by atoms with Gasteiger partial charge in [-0.15, -0.1) is 0 Å². The van der Waals surface area contributed by atoms with Crippen molar-refractivity contribution < 1.29 is 30.8 Å². The second kappa shape index (κ2) is 7.86. The van der Waals surface area contributed by atoms with E-state index in [9.17, 15) is 26.4 Å². The van der Waals surface area contributed by atoms with Crippen molar-refractivity contribution in [3.63, 3.8) is 0 Å². The number of hydrogen-bond acceptors (Lipinski definition) is 4. The molecule has 1 aliphatic rings. The molecule has 10 heteroatoms. The Morgan fingerprint density at radius 2 is 1.79 bits per heavy atom. The molecule has 164 valence electrons. The van der Waals surface area contributed by atoms with Crippen molar-refractivity contribution in [2.45, 2.75) is 74.1 Å². The van der Waals surface area contributed by atoms with Gasteiger partial charge in [-0.1, -0.05) is 12.1 Å². The summed E-state index contributed by atoms with van der Waals surface area (Å²) in [7, 11) is -4.33. The molecule has 0 aliphatic heterocycles. The van der Waals surface area contributed by atoms with Crippen molar-refractivity contribution in [1.82, 2.24) is 4.90 Å². The summed E-state index contributed by atoms with van der Waals surface area (Å²) in [6.07, 6.45) is -6.51. The Hall–Kier alpha value is -1.68. The second-order valence-corrected chi connectivity index (χ2v) is 10.6. The number of carbonyl (C=O) groups is 1. The van der Waals surface area contributed by atoms with Crippen LogP contribution < -0.4 is 5.73 Å². The van der Waals surface area contributed by atoms with Crippen molar-refractivity contribution >= 4 is 15.7 Å². The highest BCUT2D eigenvalue weighted by Gasteiger charge is 2.51. The molecule has 0 bridgehead atoms. The summed E-state index contributed by atoms with van der Waals surface area (Å²) in [5.74, 6) is -2.05. The van der Waals surface area contributed by atoms with E-state index in [1.165, 1.54) is 32.0 Å². The number of aryl methyl sites for hydroxylation is 1. The van der Waals surface area contributed by atoms with Crippen molar-refractivity contribution in [2.75, 3.05) is 6.54 Å². The van der Waals surface area contributed by atoms with Crippen LogP contribution in [-0.4, -0.2) is 48.5 Å². The average Bonchev–Trinajstić information content (AvgIpc) is 2.58. The Balaban J connectivity index is 2.25. The van der Waals surface area contributed by atoms with Gasteiger partial charge in [0.1, 0.15) is 0 Å². The summed E-state index contributed by atoms with van der Waals surface area (Å²) in [5.41, 5.74) is 5.36. The molecule has 1 aliphatic carbocycles. The third-order valence-electron chi connectivity index (χ3n) is 5.01. The molecule has 0 saturated heterocycles. The minimum Gasteiger partial charge on any atom is -0.330 e. The van der Waals surface area contributed by atoms with E-state index in [1.807, 2.05) is 0 Å². The molecule has 0 aromatic heterocycles. The molecular formula is C19H26F4N2O3S. The largest absolute Gasteiger partial charge is 0.471 e. The molecule has 0 atom stereocenters. The van der Waals surface area contributed by atoms with Crippen LogP contribution in [0.1, 0.15) is 45.1 Å². The van der Waals surface area contributed by atoms with E-state index >= 15 is 4.39 Å². The lowest BCUT2D eigenvalue weighted by Gasteiger charge is -2.41. The predicted octanol–water partition coefficient (Wildman–Crippen LogP) is 3.51. The summed E-state index contributed by atoms with van der Waals surface area (Å²) in [6.45, 7) is 4.26. The van der Waals surface area contributed by atoms with E-state index < -0.39 is 51.3 Å². The van der Waals surface area contributed by atoms with Gasteiger partial charge in [0.15, 0.2) is 0 Å². The second-order valence-electron chi connectivity index (χ2n) is 8.35. The van der Waals surface area contributed by atoms with E-state index in [0.717, 1.165) is 0 Å². The fraction of sp³-hybridized carbons (Fsp3) is 0.632. The maximum absolute atomic E-state index is 15.4. The maximum atomic E-state index is 15.4. The molecule has 0 radical (unpaired) electrons. The number of sulfone groups is 1.